The molecular weight excluding hydrogens is 479 g/mol. The lowest BCUT2D eigenvalue weighted by Crippen LogP contribution is -2.72. The van der Waals surface area contributed by atoms with Gasteiger partial charge in [0.2, 0.25) is 0 Å². The van der Waals surface area contributed by atoms with Gasteiger partial charge in [-0.2, -0.15) is 8.78 Å². The molecule has 5 nitrogen and oxygen atoms in total. The van der Waals surface area contributed by atoms with E-state index in [1.54, 1.807) is 19.2 Å². The van der Waals surface area contributed by atoms with Crippen molar-refractivity contribution in [3.8, 4) is 5.75 Å². The molecule has 2 aliphatic carbocycles. The number of guanidine groups is 1. The van der Waals surface area contributed by atoms with Crippen LogP contribution in [0.2, 0.25) is 0 Å². The van der Waals surface area contributed by atoms with E-state index in [9.17, 15) is 8.78 Å². The van der Waals surface area contributed by atoms with E-state index in [-0.39, 0.29) is 35.1 Å². The highest BCUT2D eigenvalue weighted by Crippen LogP contribution is 2.62. The number of nitrogens with zero attached hydrogens (tertiary/aromatic N) is 1. The van der Waals surface area contributed by atoms with Gasteiger partial charge in [0, 0.05) is 43.1 Å². The van der Waals surface area contributed by atoms with Crippen LogP contribution in [0.25, 0.3) is 0 Å². The van der Waals surface area contributed by atoms with Crippen molar-refractivity contribution in [3.63, 3.8) is 0 Å². The molecule has 2 N–H and O–H groups in total. The average Bonchev–Trinajstić information content (AvgIpc) is 3.00. The number of nitrogens with one attached hydrogen (secondary N) is 2. The fourth-order valence-electron chi connectivity index (χ4n) is 5.03. The zero-order valence-corrected chi connectivity index (χ0v) is 18.5. The third kappa shape index (κ3) is 3.81. The number of rotatable bonds is 5. The summed E-state index contributed by atoms with van der Waals surface area (Å²) in [7, 11) is 1.73. The maximum atomic E-state index is 12.7. The van der Waals surface area contributed by atoms with Crippen molar-refractivity contribution in [2.45, 2.75) is 57.9 Å². The second kappa shape index (κ2) is 8.69. The molecule has 3 atom stereocenters. The maximum Gasteiger partial charge on any atom is 0.387 e. The Morgan fingerprint density at radius 2 is 2.18 bits per heavy atom. The Morgan fingerprint density at radius 1 is 1.39 bits per heavy atom. The van der Waals surface area contributed by atoms with Gasteiger partial charge in [-0.05, 0) is 32.3 Å². The highest BCUT2D eigenvalue weighted by atomic mass is 127. The smallest absolute Gasteiger partial charge is 0.387 e. The van der Waals surface area contributed by atoms with Crippen LogP contribution in [0.1, 0.15) is 36.8 Å². The molecule has 1 saturated heterocycles. The van der Waals surface area contributed by atoms with Crippen molar-refractivity contribution in [2.24, 2.45) is 16.3 Å². The molecule has 0 bridgehead atoms. The minimum Gasteiger partial charge on any atom is -0.434 e. The molecule has 0 radical (unpaired) electrons. The van der Waals surface area contributed by atoms with Crippen molar-refractivity contribution < 1.29 is 18.3 Å². The van der Waals surface area contributed by atoms with Gasteiger partial charge >= 0.3 is 6.61 Å². The summed E-state index contributed by atoms with van der Waals surface area (Å²) in [6, 6.07) is 5.59. The third-order valence-corrected chi connectivity index (χ3v) is 6.43. The van der Waals surface area contributed by atoms with Crippen molar-refractivity contribution in [2.75, 3.05) is 13.7 Å². The lowest BCUT2D eigenvalue weighted by Gasteiger charge is -2.63. The lowest BCUT2D eigenvalue weighted by molar-refractivity contribution is -0.171. The number of benzene rings is 1. The van der Waals surface area contributed by atoms with E-state index in [0.717, 1.165) is 18.6 Å². The van der Waals surface area contributed by atoms with E-state index in [4.69, 9.17) is 4.74 Å². The Labute approximate surface area is 181 Å². The molecule has 3 aliphatic rings. The maximum absolute atomic E-state index is 12.7. The van der Waals surface area contributed by atoms with Crippen LogP contribution in [0.3, 0.4) is 0 Å². The van der Waals surface area contributed by atoms with Gasteiger partial charge in [0.15, 0.2) is 5.96 Å². The molecule has 1 aliphatic heterocycles. The predicted octanol–water partition coefficient (Wildman–Crippen LogP) is 3.84. The fraction of sp³-hybridized carbons (Fsp3) is 0.650. The molecule has 156 valence electrons. The zero-order chi connectivity index (χ0) is 19.0. The molecule has 0 amide bonds. The molecular formula is C20H28F2IN3O2. The van der Waals surface area contributed by atoms with Gasteiger partial charge in [0.1, 0.15) is 5.75 Å². The minimum absolute atomic E-state index is 0. The number of hydrogen-bond acceptors (Lipinski definition) is 3. The minimum atomic E-state index is -2.84. The SMILES string of the molecule is CN=C(NCc1cc(C)ccc1OC(F)F)NC1C2CCOC2C12CCC2.I. The van der Waals surface area contributed by atoms with Gasteiger partial charge in [-0.25, -0.2) is 0 Å². The van der Waals surface area contributed by atoms with E-state index in [2.05, 4.69) is 20.4 Å². The molecule has 0 aromatic heterocycles. The van der Waals surface area contributed by atoms with Crippen molar-refractivity contribution in [1.82, 2.24) is 10.6 Å². The number of halogens is 3. The summed E-state index contributed by atoms with van der Waals surface area (Å²) < 4.78 is 35.9. The summed E-state index contributed by atoms with van der Waals surface area (Å²) in [5, 5.41) is 6.85. The van der Waals surface area contributed by atoms with Gasteiger partial charge in [0.25, 0.3) is 0 Å². The normalized spacial score (nSPS) is 27.5. The highest BCUT2D eigenvalue weighted by Gasteiger charge is 2.66. The quantitative estimate of drug-likeness (QED) is 0.362. The number of fused-ring (bicyclic) bond motifs is 2. The van der Waals surface area contributed by atoms with E-state index >= 15 is 0 Å². The first-order chi connectivity index (χ1) is 13.0. The first-order valence-corrected chi connectivity index (χ1v) is 9.66. The first kappa shape index (κ1) is 21.5. The van der Waals surface area contributed by atoms with E-state index < -0.39 is 6.61 Å². The van der Waals surface area contributed by atoms with Gasteiger partial charge in [0.05, 0.1) is 6.10 Å². The zero-order valence-electron chi connectivity index (χ0n) is 16.2. The Kier molecular flexibility index (Phi) is 6.69. The standard InChI is InChI=1S/C20H27F2N3O2.HI/c1-12-4-5-15(27-18(21)22)13(10-12)11-24-19(23-2)25-16-14-6-9-26-17(14)20(16)7-3-8-20;/h4-5,10,14,16-18H,3,6-9,11H2,1-2H3,(H2,23,24,25);1H. The van der Waals surface area contributed by atoms with Gasteiger partial charge in [-0.3, -0.25) is 4.99 Å². The van der Waals surface area contributed by atoms with Crippen LogP contribution < -0.4 is 15.4 Å². The van der Waals surface area contributed by atoms with Crippen LogP contribution in [0, 0.1) is 18.3 Å². The second-order valence-corrected chi connectivity index (χ2v) is 7.87. The molecule has 4 rings (SSSR count). The molecule has 3 fully saturated rings. The molecule has 28 heavy (non-hydrogen) atoms. The largest absolute Gasteiger partial charge is 0.434 e. The molecule has 1 spiro atoms. The van der Waals surface area contributed by atoms with Crippen LogP contribution in [0.4, 0.5) is 8.78 Å². The number of ether oxygens (including phenoxy) is 2. The topological polar surface area (TPSA) is 54.9 Å². The first-order valence-electron chi connectivity index (χ1n) is 9.66. The number of aryl methyl sites for hydroxylation is 1. The summed E-state index contributed by atoms with van der Waals surface area (Å²) in [5.41, 5.74) is 1.94. The second-order valence-electron chi connectivity index (χ2n) is 7.87. The van der Waals surface area contributed by atoms with Crippen LogP contribution in [0.5, 0.6) is 5.75 Å². The van der Waals surface area contributed by atoms with Gasteiger partial charge in [-0.15, -0.1) is 24.0 Å². The fourth-order valence-corrected chi connectivity index (χ4v) is 5.03. The third-order valence-electron chi connectivity index (χ3n) is 6.43. The Hall–Kier alpha value is -1.16. The van der Waals surface area contributed by atoms with Crippen molar-refractivity contribution in [1.29, 1.82) is 0 Å². The molecule has 3 unspecified atom stereocenters. The highest BCUT2D eigenvalue weighted by molar-refractivity contribution is 14.0. The van der Waals surface area contributed by atoms with Crippen LogP contribution in [-0.2, 0) is 11.3 Å². The molecule has 1 aromatic rings. The van der Waals surface area contributed by atoms with E-state index in [1.807, 2.05) is 13.0 Å². The number of aliphatic imine (C=N–C) groups is 1. The summed E-state index contributed by atoms with van der Waals surface area (Å²) >= 11 is 0. The van der Waals surface area contributed by atoms with Gasteiger partial charge < -0.3 is 20.1 Å². The van der Waals surface area contributed by atoms with Crippen LogP contribution in [0.15, 0.2) is 23.2 Å². The molecule has 2 saturated carbocycles. The lowest BCUT2D eigenvalue weighted by atomic mass is 9.46. The average molecular weight is 507 g/mol. The van der Waals surface area contributed by atoms with Crippen LogP contribution >= 0.6 is 24.0 Å². The summed E-state index contributed by atoms with van der Waals surface area (Å²) in [6.45, 7) is 0.307. The van der Waals surface area contributed by atoms with E-state index in [1.165, 1.54) is 19.3 Å². The number of alkyl halides is 2. The predicted molar refractivity (Wildman–Crippen MR) is 114 cm³/mol. The Balaban J connectivity index is 0.00000225. The van der Waals surface area contributed by atoms with Crippen molar-refractivity contribution >= 4 is 29.9 Å². The number of hydrogen-bond donors (Lipinski definition) is 2. The Bertz CT molecular complexity index is 727. The monoisotopic (exact) mass is 507 g/mol. The summed E-state index contributed by atoms with van der Waals surface area (Å²) in [4.78, 5) is 4.34. The molecule has 1 aromatic carbocycles. The van der Waals surface area contributed by atoms with Gasteiger partial charge in [-0.1, -0.05) is 24.1 Å². The molecule has 8 heteroatoms. The Morgan fingerprint density at radius 3 is 2.82 bits per heavy atom. The molecule has 1 heterocycles. The van der Waals surface area contributed by atoms with E-state index in [0.29, 0.717) is 36.1 Å². The van der Waals surface area contributed by atoms with Crippen molar-refractivity contribution in [3.05, 3.63) is 29.3 Å². The summed E-state index contributed by atoms with van der Waals surface area (Å²) in [5.74, 6) is 1.43. The summed E-state index contributed by atoms with van der Waals surface area (Å²) in [6.07, 6.45) is 5.14. The van der Waals surface area contributed by atoms with Crippen LogP contribution in [-0.4, -0.2) is 38.4 Å².